The molecule has 1 saturated heterocycles. The second kappa shape index (κ2) is 11.6. The van der Waals surface area contributed by atoms with Crippen molar-refractivity contribution < 1.29 is 14.3 Å². The van der Waals surface area contributed by atoms with E-state index < -0.39 is 0 Å². The molecule has 2 unspecified atom stereocenters. The number of carbonyl (C=O) groups is 1. The molecule has 0 saturated carbocycles. The second-order valence-corrected chi connectivity index (χ2v) is 9.37. The molecule has 1 aliphatic rings. The van der Waals surface area contributed by atoms with Gasteiger partial charge in [0.25, 0.3) is 0 Å². The van der Waals surface area contributed by atoms with Gasteiger partial charge >= 0.3 is 0 Å². The minimum atomic E-state index is -0.0304. The number of ether oxygens (including phenoxy) is 2. The highest BCUT2D eigenvalue weighted by molar-refractivity contribution is 7.71. The Labute approximate surface area is 211 Å². The van der Waals surface area contributed by atoms with Crippen molar-refractivity contribution in [1.82, 2.24) is 25.0 Å². The normalized spacial score (nSPS) is 18.4. The Hall–Kier alpha value is -3.01. The quantitative estimate of drug-likeness (QED) is 0.438. The van der Waals surface area contributed by atoms with E-state index in [0.717, 1.165) is 36.5 Å². The van der Waals surface area contributed by atoms with E-state index in [4.69, 9.17) is 21.7 Å². The van der Waals surface area contributed by atoms with Crippen molar-refractivity contribution in [3.8, 4) is 17.1 Å². The van der Waals surface area contributed by atoms with Crippen molar-refractivity contribution >= 4 is 18.1 Å². The van der Waals surface area contributed by atoms with Crippen LogP contribution in [0.15, 0.2) is 48.5 Å². The summed E-state index contributed by atoms with van der Waals surface area (Å²) in [5, 5.41) is 10.3. The molecule has 0 radical (unpaired) electrons. The Morgan fingerprint density at radius 2 is 1.83 bits per heavy atom. The van der Waals surface area contributed by atoms with E-state index in [1.165, 1.54) is 5.56 Å². The fraction of sp³-hybridized carbons (Fsp3) is 0.423. The topological polar surface area (TPSA) is 84.4 Å². The van der Waals surface area contributed by atoms with Gasteiger partial charge in [-0.25, -0.2) is 0 Å². The molecule has 0 aliphatic carbocycles. The summed E-state index contributed by atoms with van der Waals surface area (Å²) in [6.45, 7) is 7.82. The van der Waals surface area contributed by atoms with Gasteiger partial charge in [-0.05, 0) is 61.5 Å². The van der Waals surface area contributed by atoms with Crippen LogP contribution in [0.5, 0.6) is 5.75 Å². The van der Waals surface area contributed by atoms with Gasteiger partial charge in [-0.1, -0.05) is 24.3 Å². The Morgan fingerprint density at radius 3 is 2.51 bits per heavy atom. The Morgan fingerprint density at radius 1 is 1.14 bits per heavy atom. The second-order valence-electron chi connectivity index (χ2n) is 8.98. The molecule has 9 heteroatoms. The number of nitrogens with zero attached hydrogens (tertiary/aromatic N) is 3. The van der Waals surface area contributed by atoms with E-state index in [1.807, 2.05) is 34.9 Å². The van der Waals surface area contributed by atoms with Crippen LogP contribution in [-0.4, -0.2) is 58.0 Å². The zero-order valence-electron chi connectivity index (χ0n) is 20.5. The third kappa shape index (κ3) is 6.56. The number of methoxy groups -OCH3 is 1. The molecule has 0 bridgehead atoms. The summed E-state index contributed by atoms with van der Waals surface area (Å²) >= 11 is 5.40. The highest BCUT2D eigenvalue weighted by Gasteiger charge is 2.22. The third-order valence-corrected chi connectivity index (χ3v) is 6.46. The van der Waals surface area contributed by atoms with Crippen LogP contribution >= 0.6 is 12.2 Å². The zero-order chi connectivity index (χ0) is 24.8. The number of carbonyl (C=O) groups excluding carboxylic acids is 1. The Kier molecular flexibility index (Phi) is 8.33. The van der Waals surface area contributed by atoms with Gasteiger partial charge in [0.15, 0.2) is 10.6 Å². The average Bonchev–Trinajstić information content (AvgIpc) is 3.21. The summed E-state index contributed by atoms with van der Waals surface area (Å²) in [7, 11) is 1.63. The van der Waals surface area contributed by atoms with Crippen molar-refractivity contribution in [3.63, 3.8) is 0 Å². The Bertz CT molecular complexity index is 1180. The van der Waals surface area contributed by atoms with E-state index >= 15 is 0 Å². The molecule has 2 aromatic carbocycles. The summed E-state index contributed by atoms with van der Waals surface area (Å²) in [5.74, 6) is 1.44. The largest absolute Gasteiger partial charge is 0.497 e. The van der Waals surface area contributed by atoms with Gasteiger partial charge in [0.1, 0.15) is 5.75 Å². The van der Waals surface area contributed by atoms with Gasteiger partial charge < -0.3 is 14.8 Å². The third-order valence-electron chi connectivity index (χ3n) is 6.15. The molecule has 1 aliphatic heterocycles. The molecular weight excluding hydrogens is 462 g/mol. The molecule has 35 heavy (non-hydrogen) atoms. The van der Waals surface area contributed by atoms with E-state index in [9.17, 15) is 4.79 Å². The minimum absolute atomic E-state index is 0.0304. The number of aromatic amines is 1. The number of morpholine rings is 1. The van der Waals surface area contributed by atoms with Gasteiger partial charge in [-0.3, -0.25) is 19.4 Å². The maximum atomic E-state index is 12.7. The monoisotopic (exact) mass is 495 g/mol. The van der Waals surface area contributed by atoms with Crippen LogP contribution in [0.1, 0.15) is 31.4 Å². The average molecular weight is 496 g/mol. The summed E-state index contributed by atoms with van der Waals surface area (Å²) in [4.78, 5) is 15.1. The van der Waals surface area contributed by atoms with Crippen LogP contribution in [0.25, 0.3) is 11.4 Å². The summed E-state index contributed by atoms with van der Waals surface area (Å²) in [5.41, 5.74) is 3.26. The lowest BCUT2D eigenvalue weighted by Crippen LogP contribution is -2.45. The van der Waals surface area contributed by atoms with Crippen LogP contribution in [0.2, 0.25) is 0 Å². The van der Waals surface area contributed by atoms with Crippen molar-refractivity contribution in [2.45, 2.75) is 52.1 Å². The lowest BCUT2D eigenvalue weighted by Gasteiger charge is -2.35. The number of hydrogen-bond acceptors (Lipinski definition) is 6. The number of amides is 1. The molecule has 3 aromatic rings. The lowest BCUT2D eigenvalue weighted by molar-refractivity contribution is -0.121. The molecule has 0 spiro atoms. The van der Waals surface area contributed by atoms with Crippen molar-refractivity contribution in [3.05, 3.63) is 64.4 Å². The first-order valence-corrected chi connectivity index (χ1v) is 12.3. The highest BCUT2D eigenvalue weighted by atomic mass is 32.1. The number of H-pyrrole nitrogens is 1. The fourth-order valence-electron chi connectivity index (χ4n) is 4.52. The number of nitrogens with one attached hydrogen (secondary N) is 2. The maximum absolute atomic E-state index is 12.7. The van der Waals surface area contributed by atoms with Crippen LogP contribution in [0.4, 0.5) is 0 Å². The van der Waals surface area contributed by atoms with Gasteiger partial charge in [0.05, 0.1) is 19.3 Å². The number of aromatic nitrogens is 3. The van der Waals surface area contributed by atoms with Crippen molar-refractivity contribution in [2.75, 3.05) is 20.2 Å². The number of benzene rings is 2. The standard InChI is InChI=1S/C26H33N5O3S/c1-18-15-30(16-19(2)34-18)17-22-7-5-4-6-21(22)14-27-24(32)12-13-31-25(28-29-26(31)35)20-8-10-23(33-3)11-9-20/h4-11,18-19H,12-17H2,1-3H3,(H,27,32)(H,29,35). The van der Waals surface area contributed by atoms with Crippen molar-refractivity contribution in [1.29, 1.82) is 0 Å². The molecular formula is C26H33N5O3S. The highest BCUT2D eigenvalue weighted by Crippen LogP contribution is 2.21. The van der Waals surface area contributed by atoms with Gasteiger partial charge in [0.2, 0.25) is 5.91 Å². The SMILES string of the molecule is COc1ccc(-c2n[nH]c(=S)n2CCC(=O)NCc2ccccc2CN2CC(C)OC(C)C2)cc1. The molecule has 4 rings (SSSR count). The van der Waals surface area contributed by atoms with Gasteiger partial charge in [-0.2, -0.15) is 5.10 Å². The first-order valence-electron chi connectivity index (χ1n) is 11.9. The summed E-state index contributed by atoms with van der Waals surface area (Å²) in [6, 6.07) is 15.9. The van der Waals surface area contributed by atoms with E-state index in [1.54, 1.807) is 7.11 Å². The molecule has 2 atom stereocenters. The predicted octanol–water partition coefficient (Wildman–Crippen LogP) is 3.93. The molecule has 1 aromatic heterocycles. The van der Waals surface area contributed by atoms with Crippen LogP contribution in [0.3, 0.4) is 0 Å². The molecule has 1 fully saturated rings. The molecule has 1 amide bonds. The molecule has 2 N–H and O–H groups in total. The van der Waals surface area contributed by atoms with Gasteiger partial charge in [0, 0.05) is 44.7 Å². The minimum Gasteiger partial charge on any atom is -0.497 e. The smallest absolute Gasteiger partial charge is 0.222 e. The van der Waals surface area contributed by atoms with Crippen molar-refractivity contribution in [2.24, 2.45) is 0 Å². The first kappa shape index (κ1) is 25.1. The number of rotatable bonds is 9. The summed E-state index contributed by atoms with van der Waals surface area (Å²) in [6.07, 6.45) is 0.753. The van der Waals surface area contributed by atoms with E-state index in [2.05, 4.69) is 52.5 Å². The van der Waals surface area contributed by atoms with E-state index in [0.29, 0.717) is 30.1 Å². The van der Waals surface area contributed by atoms with E-state index in [-0.39, 0.29) is 18.1 Å². The lowest BCUT2D eigenvalue weighted by atomic mass is 10.1. The fourth-order valence-corrected chi connectivity index (χ4v) is 4.74. The van der Waals surface area contributed by atoms with Gasteiger partial charge in [-0.15, -0.1) is 0 Å². The maximum Gasteiger partial charge on any atom is 0.222 e. The Balaban J connectivity index is 1.34. The van der Waals surface area contributed by atoms with Crippen LogP contribution < -0.4 is 10.1 Å². The molecule has 2 heterocycles. The van der Waals surface area contributed by atoms with Crippen LogP contribution in [0, 0.1) is 4.77 Å². The molecule has 186 valence electrons. The van der Waals surface area contributed by atoms with Crippen LogP contribution in [-0.2, 0) is 29.2 Å². The zero-order valence-corrected chi connectivity index (χ0v) is 21.3. The molecule has 8 nitrogen and oxygen atoms in total. The first-order chi connectivity index (χ1) is 16.9. The predicted molar refractivity (Wildman–Crippen MR) is 138 cm³/mol. The number of hydrogen-bond donors (Lipinski definition) is 2. The summed E-state index contributed by atoms with van der Waals surface area (Å²) < 4.78 is 13.4.